The highest BCUT2D eigenvalue weighted by atomic mass is 19.1. The van der Waals surface area contributed by atoms with Crippen molar-refractivity contribution in [2.45, 2.75) is 6.92 Å². The molecule has 31 heavy (non-hydrogen) atoms. The Labute approximate surface area is 178 Å². The van der Waals surface area contributed by atoms with Crippen molar-refractivity contribution in [1.82, 2.24) is 14.8 Å². The largest absolute Gasteiger partial charge is 0.360 e. The van der Waals surface area contributed by atoms with E-state index >= 15 is 0 Å². The highest BCUT2D eigenvalue weighted by Crippen LogP contribution is 2.26. The van der Waals surface area contributed by atoms with Gasteiger partial charge in [0, 0.05) is 54.6 Å². The monoisotopic (exact) mass is 420 g/mol. The Morgan fingerprint density at radius 2 is 1.58 bits per heavy atom. The van der Waals surface area contributed by atoms with Gasteiger partial charge in [-0.2, -0.15) is 0 Å². The number of ketones is 1. The van der Waals surface area contributed by atoms with Gasteiger partial charge in [0.2, 0.25) is 0 Å². The highest BCUT2D eigenvalue weighted by Gasteiger charge is 2.31. The Bertz CT molecular complexity index is 1190. The number of carbonyl (C=O) groups is 3. The quantitative estimate of drug-likeness (QED) is 0.386. The van der Waals surface area contributed by atoms with Crippen LogP contribution in [-0.4, -0.2) is 64.3 Å². The number of nitrogens with zero attached hydrogens (tertiary/aromatic N) is 2. The van der Waals surface area contributed by atoms with E-state index in [9.17, 15) is 18.8 Å². The van der Waals surface area contributed by atoms with Crippen molar-refractivity contribution >= 4 is 34.2 Å². The molecule has 2 N–H and O–H groups in total. The van der Waals surface area contributed by atoms with Gasteiger partial charge in [-0.1, -0.05) is 18.2 Å². The van der Waals surface area contributed by atoms with Crippen LogP contribution in [0.3, 0.4) is 0 Å². The van der Waals surface area contributed by atoms with Gasteiger partial charge in [-0.05, 0) is 31.2 Å². The number of aromatic amines is 1. The van der Waals surface area contributed by atoms with Crippen molar-refractivity contribution < 1.29 is 18.8 Å². The van der Waals surface area contributed by atoms with Crippen LogP contribution >= 0.6 is 0 Å². The molecule has 1 aromatic heterocycles. The Kier molecular flexibility index (Phi) is 5.37. The summed E-state index contributed by atoms with van der Waals surface area (Å²) in [7, 11) is 0. The number of hydrogen-bond acceptors (Lipinski definition) is 4. The molecule has 0 bridgehead atoms. The number of piperazine rings is 1. The number of halogens is 1. The number of carbonyl (C=O) groups excluding carboxylic acids is 3. The van der Waals surface area contributed by atoms with Crippen LogP contribution in [0.4, 0.5) is 4.39 Å². The molecule has 7 nitrogen and oxygen atoms in total. The van der Waals surface area contributed by atoms with Gasteiger partial charge in [0.1, 0.15) is 5.82 Å². The van der Waals surface area contributed by atoms with Crippen LogP contribution in [-0.2, 0) is 4.79 Å². The minimum Gasteiger partial charge on any atom is -0.360 e. The SMILES string of the molecule is CC(=N)c1ccc(F)c2c(C(=O)C(=O)N3CCN(C(=O)c4ccccc4)CC3)c[nH]c12. The second kappa shape index (κ2) is 8.14. The lowest BCUT2D eigenvalue weighted by Gasteiger charge is -2.34. The van der Waals surface area contributed by atoms with Crippen LogP contribution in [0.1, 0.15) is 33.2 Å². The molecule has 1 fully saturated rings. The van der Waals surface area contributed by atoms with Gasteiger partial charge in [0.25, 0.3) is 17.6 Å². The predicted molar refractivity (Wildman–Crippen MR) is 114 cm³/mol. The average Bonchev–Trinajstić information content (AvgIpc) is 3.24. The third-order valence-corrected chi connectivity index (χ3v) is 5.50. The number of Topliss-reactive ketones (excluding diaryl/α,β-unsaturated/α-hetero) is 1. The molecule has 4 rings (SSSR count). The fourth-order valence-electron chi connectivity index (χ4n) is 3.83. The minimum absolute atomic E-state index is 0.0142. The lowest BCUT2D eigenvalue weighted by atomic mass is 10.0. The summed E-state index contributed by atoms with van der Waals surface area (Å²) in [5.74, 6) is -2.29. The Morgan fingerprint density at radius 3 is 2.23 bits per heavy atom. The molecule has 0 spiro atoms. The van der Waals surface area contributed by atoms with Crippen molar-refractivity contribution in [1.29, 1.82) is 5.41 Å². The third kappa shape index (κ3) is 3.72. The third-order valence-electron chi connectivity index (χ3n) is 5.50. The molecule has 1 aliphatic rings. The maximum atomic E-state index is 14.5. The first-order valence-electron chi connectivity index (χ1n) is 9.91. The maximum absolute atomic E-state index is 14.5. The number of benzene rings is 2. The van der Waals surface area contributed by atoms with Crippen molar-refractivity contribution in [2.24, 2.45) is 0 Å². The molecule has 1 saturated heterocycles. The molecule has 0 unspecified atom stereocenters. The summed E-state index contributed by atoms with van der Waals surface area (Å²) in [6.45, 7) is 2.63. The number of rotatable bonds is 4. The average molecular weight is 420 g/mol. The van der Waals surface area contributed by atoms with Crippen LogP contribution in [0.15, 0.2) is 48.7 Å². The van der Waals surface area contributed by atoms with E-state index in [1.165, 1.54) is 23.2 Å². The summed E-state index contributed by atoms with van der Waals surface area (Å²) in [5.41, 5.74) is 1.53. The summed E-state index contributed by atoms with van der Waals surface area (Å²) in [4.78, 5) is 44.1. The standard InChI is InChI=1S/C23H21FN4O3/c1-14(25)16-7-8-18(24)19-17(13-26-20(16)19)21(29)23(31)28-11-9-27(10-12-28)22(30)15-5-3-2-4-6-15/h2-8,13,25-26H,9-12H2,1H3. The summed E-state index contributed by atoms with van der Waals surface area (Å²) >= 11 is 0. The van der Waals surface area contributed by atoms with E-state index in [4.69, 9.17) is 5.41 Å². The molecule has 0 saturated carbocycles. The molecular weight excluding hydrogens is 399 g/mol. The van der Waals surface area contributed by atoms with Gasteiger partial charge in [0.05, 0.1) is 11.1 Å². The van der Waals surface area contributed by atoms with Crippen LogP contribution in [0.5, 0.6) is 0 Å². The smallest absolute Gasteiger partial charge is 0.295 e. The number of fused-ring (bicyclic) bond motifs is 1. The zero-order chi connectivity index (χ0) is 22.1. The van der Waals surface area contributed by atoms with Crippen molar-refractivity contribution in [3.05, 3.63) is 71.2 Å². The summed E-state index contributed by atoms with van der Waals surface area (Å²) in [5, 5.41) is 7.84. The highest BCUT2D eigenvalue weighted by molar-refractivity contribution is 6.45. The van der Waals surface area contributed by atoms with Crippen LogP contribution in [0.25, 0.3) is 10.9 Å². The first-order valence-corrected chi connectivity index (χ1v) is 9.91. The van der Waals surface area contributed by atoms with Crippen LogP contribution in [0, 0.1) is 11.2 Å². The van der Waals surface area contributed by atoms with E-state index in [0.717, 1.165) is 0 Å². The normalized spacial score (nSPS) is 14.0. The second-order valence-electron chi connectivity index (χ2n) is 7.45. The zero-order valence-corrected chi connectivity index (χ0v) is 16.9. The number of hydrogen-bond donors (Lipinski definition) is 2. The van der Waals surface area contributed by atoms with Gasteiger partial charge < -0.3 is 20.2 Å². The van der Waals surface area contributed by atoms with Gasteiger partial charge in [-0.3, -0.25) is 14.4 Å². The molecule has 158 valence electrons. The van der Waals surface area contributed by atoms with Crippen molar-refractivity contribution in [3.8, 4) is 0 Å². The van der Waals surface area contributed by atoms with Crippen LogP contribution < -0.4 is 0 Å². The number of aromatic nitrogens is 1. The molecule has 3 aromatic rings. The molecular formula is C23H21FN4O3. The lowest BCUT2D eigenvalue weighted by molar-refractivity contribution is -0.127. The van der Waals surface area contributed by atoms with Gasteiger partial charge in [-0.25, -0.2) is 4.39 Å². The number of nitrogens with one attached hydrogen (secondary N) is 2. The molecule has 8 heteroatoms. The predicted octanol–water partition coefficient (Wildman–Crippen LogP) is 2.86. The Balaban J connectivity index is 1.50. The summed E-state index contributed by atoms with van der Waals surface area (Å²) in [6.07, 6.45) is 1.32. The molecule has 2 aromatic carbocycles. The Hall–Kier alpha value is -3.81. The van der Waals surface area contributed by atoms with E-state index in [-0.39, 0.29) is 35.7 Å². The summed E-state index contributed by atoms with van der Waals surface area (Å²) in [6, 6.07) is 11.5. The number of amides is 2. The first-order chi connectivity index (χ1) is 14.9. The lowest BCUT2D eigenvalue weighted by Crippen LogP contribution is -2.52. The minimum atomic E-state index is -0.812. The molecule has 0 radical (unpaired) electrons. The van der Waals surface area contributed by atoms with Crippen molar-refractivity contribution in [2.75, 3.05) is 26.2 Å². The van der Waals surface area contributed by atoms with E-state index < -0.39 is 17.5 Å². The maximum Gasteiger partial charge on any atom is 0.295 e. The molecule has 2 amide bonds. The van der Waals surface area contributed by atoms with E-state index in [1.54, 1.807) is 36.1 Å². The second-order valence-corrected chi connectivity index (χ2v) is 7.45. The first kappa shape index (κ1) is 20.5. The van der Waals surface area contributed by atoms with E-state index in [2.05, 4.69) is 4.98 Å². The molecule has 0 atom stereocenters. The fraction of sp³-hybridized carbons (Fsp3) is 0.217. The fourth-order valence-corrected chi connectivity index (χ4v) is 3.83. The van der Waals surface area contributed by atoms with Gasteiger partial charge in [-0.15, -0.1) is 0 Å². The van der Waals surface area contributed by atoms with Crippen molar-refractivity contribution in [3.63, 3.8) is 0 Å². The summed E-state index contributed by atoms with van der Waals surface area (Å²) < 4.78 is 14.5. The van der Waals surface area contributed by atoms with Gasteiger partial charge in [0.15, 0.2) is 0 Å². The molecule has 2 heterocycles. The van der Waals surface area contributed by atoms with E-state index in [1.807, 2.05) is 6.07 Å². The van der Waals surface area contributed by atoms with Gasteiger partial charge >= 0.3 is 0 Å². The molecule has 0 aliphatic carbocycles. The van der Waals surface area contributed by atoms with Crippen LogP contribution in [0.2, 0.25) is 0 Å². The molecule has 1 aliphatic heterocycles. The topological polar surface area (TPSA) is 97.3 Å². The van der Waals surface area contributed by atoms with E-state index in [0.29, 0.717) is 29.7 Å². The number of H-pyrrole nitrogens is 1. The Morgan fingerprint density at radius 1 is 0.935 bits per heavy atom. The zero-order valence-electron chi connectivity index (χ0n) is 16.9.